The second-order valence-electron chi connectivity index (χ2n) is 5.91. The largest absolute Gasteiger partial charge is 0.497 e. The molecule has 144 valence electrons. The van der Waals surface area contributed by atoms with Crippen LogP contribution < -0.4 is 14.8 Å². The first kappa shape index (κ1) is 21.0. The summed E-state index contributed by atoms with van der Waals surface area (Å²) in [6.45, 7) is 1.83. The molecule has 0 radical (unpaired) electrons. The number of nitrogens with zero attached hydrogens (tertiary/aromatic N) is 1. The van der Waals surface area contributed by atoms with Gasteiger partial charge in [0.15, 0.2) is 6.61 Å². The molecular formula is C20H23IN2O4. The van der Waals surface area contributed by atoms with Gasteiger partial charge in [0.1, 0.15) is 17.5 Å². The fraction of sp³-hybridized carbons (Fsp3) is 0.300. The van der Waals surface area contributed by atoms with E-state index in [0.29, 0.717) is 11.5 Å². The van der Waals surface area contributed by atoms with E-state index in [1.807, 2.05) is 48.5 Å². The first-order chi connectivity index (χ1) is 12.9. The number of nitrogens with one attached hydrogen (secondary N) is 1. The summed E-state index contributed by atoms with van der Waals surface area (Å²) in [5.74, 6) is 0.799. The number of carbonyl (C=O) groups is 2. The highest BCUT2D eigenvalue weighted by Gasteiger charge is 2.26. The summed E-state index contributed by atoms with van der Waals surface area (Å²) < 4.78 is 11.9. The van der Waals surface area contributed by atoms with Crippen molar-refractivity contribution in [2.24, 2.45) is 0 Å². The Morgan fingerprint density at radius 2 is 1.85 bits per heavy atom. The van der Waals surface area contributed by atoms with Gasteiger partial charge < -0.3 is 19.7 Å². The number of hydrogen-bond acceptors (Lipinski definition) is 4. The number of hydrogen-bond donors (Lipinski definition) is 1. The average molecular weight is 482 g/mol. The summed E-state index contributed by atoms with van der Waals surface area (Å²) in [5.41, 5.74) is 0.868. The van der Waals surface area contributed by atoms with Gasteiger partial charge in [-0.3, -0.25) is 9.59 Å². The predicted molar refractivity (Wildman–Crippen MR) is 112 cm³/mol. The molecule has 6 nitrogen and oxygen atoms in total. The summed E-state index contributed by atoms with van der Waals surface area (Å²) in [6.07, 6.45) is 0. The number of amides is 2. The van der Waals surface area contributed by atoms with Crippen molar-refractivity contribution in [1.29, 1.82) is 0 Å². The van der Waals surface area contributed by atoms with E-state index < -0.39 is 6.04 Å². The number of carbonyl (C=O) groups excluding carboxylic acids is 2. The lowest BCUT2D eigenvalue weighted by atomic mass is 10.1. The van der Waals surface area contributed by atoms with Crippen LogP contribution in [0, 0.1) is 3.57 Å². The van der Waals surface area contributed by atoms with E-state index in [-0.39, 0.29) is 25.0 Å². The molecule has 1 N–H and O–H groups in total. The number of benzene rings is 2. The quantitative estimate of drug-likeness (QED) is 0.588. The minimum absolute atomic E-state index is 0.147. The molecule has 27 heavy (non-hydrogen) atoms. The Hall–Kier alpha value is -2.29. The lowest BCUT2D eigenvalue weighted by molar-refractivity contribution is -0.142. The normalized spacial score (nSPS) is 11.4. The SMILES string of the molecule is CNC(=O)[C@@H](C)N(Cc1cccc(OC)c1)C(=O)COc1ccc(I)cc1. The van der Waals surface area contributed by atoms with Gasteiger partial charge in [-0.1, -0.05) is 12.1 Å². The molecule has 0 bridgehead atoms. The number of methoxy groups -OCH3 is 1. The van der Waals surface area contributed by atoms with E-state index >= 15 is 0 Å². The highest BCUT2D eigenvalue weighted by molar-refractivity contribution is 14.1. The van der Waals surface area contributed by atoms with Gasteiger partial charge in [-0.05, 0) is 71.5 Å². The van der Waals surface area contributed by atoms with Crippen molar-refractivity contribution < 1.29 is 19.1 Å². The average Bonchev–Trinajstić information content (AvgIpc) is 2.70. The van der Waals surface area contributed by atoms with Gasteiger partial charge in [0.25, 0.3) is 5.91 Å². The molecule has 0 spiro atoms. The van der Waals surface area contributed by atoms with E-state index in [1.54, 1.807) is 21.1 Å². The van der Waals surface area contributed by atoms with Crippen molar-refractivity contribution in [2.45, 2.75) is 19.5 Å². The minimum Gasteiger partial charge on any atom is -0.497 e. The first-order valence-corrected chi connectivity index (χ1v) is 9.55. The van der Waals surface area contributed by atoms with Gasteiger partial charge in [-0.25, -0.2) is 0 Å². The summed E-state index contributed by atoms with van der Waals surface area (Å²) in [6, 6.07) is 14.2. The maximum atomic E-state index is 12.8. The molecule has 0 unspecified atom stereocenters. The Balaban J connectivity index is 2.13. The topological polar surface area (TPSA) is 67.9 Å². The second kappa shape index (κ2) is 10.1. The standard InChI is InChI=1S/C20H23IN2O4/c1-14(20(25)22-2)23(12-15-5-4-6-18(11-15)26-3)19(24)13-27-17-9-7-16(21)8-10-17/h4-11,14H,12-13H2,1-3H3,(H,22,25)/t14-/m1/s1. The fourth-order valence-corrected chi connectivity index (χ4v) is 2.88. The maximum Gasteiger partial charge on any atom is 0.261 e. The smallest absolute Gasteiger partial charge is 0.261 e. The van der Waals surface area contributed by atoms with Gasteiger partial charge in [0.05, 0.1) is 7.11 Å². The number of rotatable bonds is 8. The van der Waals surface area contributed by atoms with Crippen LogP contribution in [0.5, 0.6) is 11.5 Å². The van der Waals surface area contributed by atoms with Gasteiger partial charge in [0, 0.05) is 17.2 Å². The van der Waals surface area contributed by atoms with Crippen molar-refractivity contribution in [3.8, 4) is 11.5 Å². The monoisotopic (exact) mass is 482 g/mol. The molecule has 2 aromatic carbocycles. The van der Waals surface area contributed by atoms with Crippen LogP contribution >= 0.6 is 22.6 Å². The first-order valence-electron chi connectivity index (χ1n) is 8.47. The second-order valence-corrected chi connectivity index (χ2v) is 7.15. The van der Waals surface area contributed by atoms with Gasteiger partial charge in [0.2, 0.25) is 5.91 Å². The van der Waals surface area contributed by atoms with Crippen LogP contribution in [0.1, 0.15) is 12.5 Å². The molecular weight excluding hydrogens is 459 g/mol. The Kier molecular flexibility index (Phi) is 7.90. The van der Waals surface area contributed by atoms with Crippen molar-refractivity contribution in [3.63, 3.8) is 0 Å². The minimum atomic E-state index is -0.631. The molecule has 0 saturated heterocycles. The molecule has 0 saturated carbocycles. The van der Waals surface area contributed by atoms with Gasteiger partial charge >= 0.3 is 0 Å². The van der Waals surface area contributed by atoms with E-state index in [0.717, 1.165) is 9.13 Å². The van der Waals surface area contributed by atoms with E-state index in [2.05, 4.69) is 27.9 Å². The number of ether oxygens (including phenoxy) is 2. The summed E-state index contributed by atoms with van der Waals surface area (Å²) in [4.78, 5) is 26.4. The Morgan fingerprint density at radius 1 is 1.15 bits per heavy atom. The molecule has 0 heterocycles. The van der Waals surface area contributed by atoms with Gasteiger partial charge in [-0.15, -0.1) is 0 Å². The van der Waals surface area contributed by atoms with Crippen LogP contribution in [-0.4, -0.2) is 43.5 Å². The third kappa shape index (κ3) is 6.13. The predicted octanol–water partition coefficient (Wildman–Crippen LogP) is 2.84. The van der Waals surface area contributed by atoms with E-state index in [1.165, 1.54) is 4.90 Å². The van der Waals surface area contributed by atoms with Crippen molar-refractivity contribution in [1.82, 2.24) is 10.2 Å². The third-order valence-electron chi connectivity index (χ3n) is 4.08. The molecule has 0 fully saturated rings. The Morgan fingerprint density at radius 3 is 2.48 bits per heavy atom. The zero-order chi connectivity index (χ0) is 19.8. The zero-order valence-electron chi connectivity index (χ0n) is 15.6. The lowest BCUT2D eigenvalue weighted by Crippen LogP contribution is -2.48. The molecule has 7 heteroatoms. The van der Waals surface area contributed by atoms with Crippen LogP contribution in [0.4, 0.5) is 0 Å². The molecule has 2 amide bonds. The highest BCUT2D eigenvalue weighted by Crippen LogP contribution is 2.17. The zero-order valence-corrected chi connectivity index (χ0v) is 17.7. The fourth-order valence-electron chi connectivity index (χ4n) is 2.52. The number of halogens is 1. The van der Waals surface area contributed by atoms with Gasteiger partial charge in [-0.2, -0.15) is 0 Å². The van der Waals surface area contributed by atoms with Crippen LogP contribution in [0.15, 0.2) is 48.5 Å². The summed E-state index contributed by atoms with van der Waals surface area (Å²) in [7, 11) is 3.14. The molecule has 0 aliphatic rings. The molecule has 0 aliphatic carbocycles. The molecule has 1 atom stereocenters. The van der Waals surface area contributed by atoms with Crippen molar-refractivity contribution in [3.05, 3.63) is 57.7 Å². The lowest BCUT2D eigenvalue weighted by Gasteiger charge is -2.28. The molecule has 0 aliphatic heterocycles. The van der Waals surface area contributed by atoms with Crippen LogP contribution in [0.3, 0.4) is 0 Å². The Bertz CT molecular complexity index is 780. The van der Waals surface area contributed by atoms with Crippen molar-refractivity contribution in [2.75, 3.05) is 20.8 Å². The Labute approximate surface area is 173 Å². The summed E-state index contributed by atoms with van der Waals surface area (Å²) in [5, 5.41) is 2.59. The molecule has 2 aromatic rings. The number of likely N-dealkylation sites (N-methyl/N-ethyl adjacent to an activating group) is 1. The van der Waals surface area contributed by atoms with Crippen molar-refractivity contribution >= 4 is 34.4 Å². The molecule has 2 rings (SSSR count). The van der Waals surface area contributed by atoms with Crippen LogP contribution in [0.2, 0.25) is 0 Å². The molecule has 0 aromatic heterocycles. The van der Waals surface area contributed by atoms with Crippen LogP contribution in [0.25, 0.3) is 0 Å². The van der Waals surface area contributed by atoms with E-state index in [9.17, 15) is 9.59 Å². The summed E-state index contributed by atoms with van der Waals surface area (Å²) >= 11 is 2.20. The maximum absolute atomic E-state index is 12.8. The highest BCUT2D eigenvalue weighted by atomic mass is 127. The third-order valence-corrected chi connectivity index (χ3v) is 4.80. The van der Waals surface area contributed by atoms with E-state index in [4.69, 9.17) is 9.47 Å². The van der Waals surface area contributed by atoms with Crippen LogP contribution in [-0.2, 0) is 16.1 Å².